The molecule has 0 unspecified atom stereocenters. The minimum atomic E-state index is 0.576. The summed E-state index contributed by atoms with van der Waals surface area (Å²) in [5.74, 6) is 0.576. The van der Waals surface area contributed by atoms with Crippen LogP contribution in [-0.2, 0) is 0 Å². The normalized spacial score (nSPS) is 11.1. The largest absolute Gasteiger partial charge is 0.390 e. The molecule has 2 N–H and O–H groups in total. The molecule has 0 saturated carbocycles. The van der Waals surface area contributed by atoms with E-state index in [1.807, 2.05) is 0 Å². The number of thiophene rings is 1. The van der Waals surface area contributed by atoms with Crippen LogP contribution in [0.1, 0.15) is 35.8 Å². The zero-order valence-corrected chi connectivity index (χ0v) is 11.7. The van der Waals surface area contributed by atoms with Crippen LogP contribution in [-0.4, -0.2) is 0 Å². The quantitative estimate of drug-likeness (QED) is 0.812. The van der Waals surface area contributed by atoms with E-state index in [0.717, 1.165) is 5.00 Å². The minimum absolute atomic E-state index is 0.576. The minimum Gasteiger partial charge on any atom is -0.390 e. The summed E-state index contributed by atoms with van der Waals surface area (Å²) < 4.78 is 0. The van der Waals surface area contributed by atoms with Crippen molar-refractivity contribution in [3.8, 4) is 11.1 Å². The van der Waals surface area contributed by atoms with E-state index in [0.29, 0.717) is 5.92 Å². The van der Waals surface area contributed by atoms with Gasteiger partial charge < -0.3 is 5.73 Å². The van der Waals surface area contributed by atoms with Crippen LogP contribution >= 0.6 is 11.3 Å². The average Bonchev–Trinajstić information content (AvgIpc) is 2.53. The molecule has 1 aromatic carbocycles. The Balaban J connectivity index is 2.47. The first-order valence-electron chi connectivity index (χ1n) is 5.96. The van der Waals surface area contributed by atoms with E-state index in [2.05, 4.69) is 52.0 Å². The predicted molar refractivity (Wildman–Crippen MR) is 77.7 cm³/mol. The van der Waals surface area contributed by atoms with Crippen LogP contribution in [0.5, 0.6) is 0 Å². The highest BCUT2D eigenvalue weighted by atomic mass is 32.1. The fourth-order valence-corrected chi connectivity index (χ4v) is 3.00. The maximum atomic E-state index is 6.09. The topological polar surface area (TPSA) is 26.0 Å². The smallest absolute Gasteiger partial charge is 0.0941 e. The molecule has 17 heavy (non-hydrogen) atoms. The number of hydrogen-bond donors (Lipinski definition) is 1. The van der Waals surface area contributed by atoms with Gasteiger partial charge in [-0.3, -0.25) is 0 Å². The van der Waals surface area contributed by atoms with E-state index >= 15 is 0 Å². The number of nitrogens with two attached hydrogens (primary N) is 1. The van der Waals surface area contributed by atoms with E-state index in [1.165, 1.54) is 27.1 Å². The number of rotatable bonds is 2. The molecule has 0 aliphatic rings. The van der Waals surface area contributed by atoms with Gasteiger partial charge in [-0.25, -0.2) is 0 Å². The van der Waals surface area contributed by atoms with Gasteiger partial charge in [0.05, 0.1) is 5.00 Å². The van der Waals surface area contributed by atoms with Gasteiger partial charge >= 0.3 is 0 Å². The van der Waals surface area contributed by atoms with Crippen LogP contribution in [0.4, 0.5) is 5.00 Å². The molecule has 0 spiro atoms. The van der Waals surface area contributed by atoms with Crippen LogP contribution in [0.2, 0.25) is 0 Å². The van der Waals surface area contributed by atoms with Crippen molar-refractivity contribution in [1.29, 1.82) is 0 Å². The summed E-state index contributed by atoms with van der Waals surface area (Å²) in [6.07, 6.45) is 0. The number of aryl methyl sites for hydroxylation is 1. The van der Waals surface area contributed by atoms with Gasteiger partial charge in [-0.15, -0.1) is 11.3 Å². The molecule has 2 aromatic rings. The summed E-state index contributed by atoms with van der Waals surface area (Å²) in [6.45, 7) is 8.70. The zero-order valence-electron chi connectivity index (χ0n) is 10.9. The Bertz CT molecular complexity index is 521. The van der Waals surface area contributed by atoms with E-state index < -0.39 is 0 Å². The molecule has 2 rings (SSSR count). The van der Waals surface area contributed by atoms with Gasteiger partial charge in [0.1, 0.15) is 0 Å². The Labute approximate surface area is 107 Å². The monoisotopic (exact) mass is 245 g/mol. The lowest BCUT2D eigenvalue weighted by Gasteiger charge is -2.07. The summed E-state index contributed by atoms with van der Waals surface area (Å²) in [6, 6.07) is 8.76. The second-order valence-electron chi connectivity index (χ2n) is 4.80. The molecule has 1 aromatic heterocycles. The molecule has 0 bridgehead atoms. The predicted octanol–water partition coefficient (Wildman–Crippen LogP) is 4.74. The SMILES string of the molecule is Cc1sc(N)c(-c2ccc(C(C)C)cc2)c1C. The lowest BCUT2D eigenvalue weighted by Crippen LogP contribution is -1.89. The lowest BCUT2D eigenvalue weighted by atomic mass is 9.98. The van der Waals surface area contributed by atoms with Gasteiger partial charge in [0, 0.05) is 10.4 Å². The highest BCUT2D eigenvalue weighted by Gasteiger charge is 2.12. The maximum absolute atomic E-state index is 6.09. The Morgan fingerprint density at radius 3 is 2.06 bits per heavy atom. The Morgan fingerprint density at radius 1 is 1.06 bits per heavy atom. The molecule has 0 aliphatic heterocycles. The second kappa shape index (κ2) is 4.53. The summed E-state index contributed by atoms with van der Waals surface area (Å²) in [5.41, 5.74) is 11.2. The summed E-state index contributed by atoms with van der Waals surface area (Å²) >= 11 is 1.68. The summed E-state index contributed by atoms with van der Waals surface area (Å²) in [7, 11) is 0. The van der Waals surface area contributed by atoms with Crippen molar-refractivity contribution < 1.29 is 0 Å². The molecule has 0 saturated heterocycles. The zero-order chi connectivity index (χ0) is 12.6. The highest BCUT2D eigenvalue weighted by Crippen LogP contribution is 2.38. The van der Waals surface area contributed by atoms with Crippen molar-refractivity contribution in [2.45, 2.75) is 33.6 Å². The van der Waals surface area contributed by atoms with Crippen molar-refractivity contribution in [3.05, 3.63) is 40.3 Å². The van der Waals surface area contributed by atoms with Crippen LogP contribution in [0.25, 0.3) is 11.1 Å². The van der Waals surface area contributed by atoms with Crippen LogP contribution < -0.4 is 5.73 Å². The van der Waals surface area contributed by atoms with Gasteiger partial charge in [-0.05, 0) is 36.5 Å². The molecular weight excluding hydrogens is 226 g/mol. The molecule has 2 heteroatoms. The van der Waals surface area contributed by atoms with Crippen molar-refractivity contribution in [2.24, 2.45) is 0 Å². The van der Waals surface area contributed by atoms with Crippen molar-refractivity contribution in [3.63, 3.8) is 0 Å². The molecule has 0 atom stereocenters. The van der Waals surface area contributed by atoms with Crippen molar-refractivity contribution >= 4 is 16.3 Å². The lowest BCUT2D eigenvalue weighted by molar-refractivity contribution is 0.867. The van der Waals surface area contributed by atoms with E-state index in [1.54, 1.807) is 11.3 Å². The van der Waals surface area contributed by atoms with E-state index in [9.17, 15) is 0 Å². The molecule has 90 valence electrons. The number of nitrogen functional groups attached to an aromatic ring is 1. The fourth-order valence-electron chi connectivity index (χ4n) is 2.05. The molecule has 0 radical (unpaired) electrons. The van der Waals surface area contributed by atoms with Gasteiger partial charge in [-0.2, -0.15) is 0 Å². The molecule has 0 fully saturated rings. The first-order chi connectivity index (χ1) is 8.00. The van der Waals surface area contributed by atoms with Gasteiger partial charge in [0.25, 0.3) is 0 Å². The van der Waals surface area contributed by atoms with Crippen molar-refractivity contribution in [2.75, 3.05) is 5.73 Å². The Kier molecular flexibility index (Phi) is 3.25. The molecule has 1 heterocycles. The van der Waals surface area contributed by atoms with Gasteiger partial charge in [0.2, 0.25) is 0 Å². The first-order valence-corrected chi connectivity index (χ1v) is 6.78. The van der Waals surface area contributed by atoms with E-state index in [-0.39, 0.29) is 0 Å². The fraction of sp³-hybridized carbons (Fsp3) is 0.333. The number of benzene rings is 1. The third-order valence-electron chi connectivity index (χ3n) is 3.28. The second-order valence-corrected chi connectivity index (χ2v) is 6.06. The van der Waals surface area contributed by atoms with Crippen LogP contribution in [0.15, 0.2) is 24.3 Å². The molecule has 0 amide bonds. The Hall–Kier alpha value is -1.28. The van der Waals surface area contributed by atoms with Gasteiger partial charge in [0.15, 0.2) is 0 Å². The average molecular weight is 245 g/mol. The Morgan fingerprint density at radius 2 is 1.65 bits per heavy atom. The summed E-state index contributed by atoms with van der Waals surface area (Å²) in [5, 5.41) is 0.928. The molecule has 0 aliphatic carbocycles. The molecular formula is C15H19NS. The summed E-state index contributed by atoms with van der Waals surface area (Å²) in [4.78, 5) is 1.31. The maximum Gasteiger partial charge on any atom is 0.0941 e. The molecule has 1 nitrogen and oxygen atoms in total. The third-order valence-corrected chi connectivity index (χ3v) is 4.31. The highest BCUT2D eigenvalue weighted by molar-refractivity contribution is 7.16. The standard InChI is InChI=1S/C15H19NS/c1-9(2)12-5-7-13(8-6-12)14-10(3)11(4)17-15(14)16/h5-9H,16H2,1-4H3. The third kappa shape index (κ3) is 2.22. The first kappa shape index (κ1) is 12.2. The van der Waals surface area contributed by atoms with Crippen LogP contribution in [0, 0.1) is 13.8 Å². The number of anilines is 1. The van der Waals surface area contributed by atoms with Crippen molar-refractivity contribution in [1.82, 2.24) is 0 Å². The van der Waals surface area contributed by atoms with Crippen LogP contribution in [0.3, 0.4) is 0 Å². The van der Waals surface area contributed by atoms with E-state index in [4.69, 9.17) is 5.73 Å². The number of hydrogen-bond acceptors (Lipinski definition) is 2. The van der Waals surface area contributed by atoms with Gasteiger partial charge in [-0.1, -0.05) is 38.1 Å².